The Hall–Kier alpha value is -2.45. The average Bonchev–Trinajstić information content (AvgIpc) is 2.55. The summed E-state index contributed by atoms with van der Waals surface area (Å²) in [5.74, 6) is 0.223. The van der Waals surface area contributed by atoms with E-state index >= 15 is 0 Å². The van der Waals surface area contributed by atoms with Crippen LogP contribution >= 0.6 is 0 Å². The van der Waals surface area contributed by atoms with E-state index in [-0.39, 0.29) is 17.2 Å². The predicted octanol–water partition coefficient (Wildman–Crippen LogP) is 2.42. The molecule has 8 heteroatoms. The highest BCUT2D eigenvalue weighted by molar-refractivity contribution is 7.89. The van der Waals surface area contributed by atoms with E-state index in [4.69, 9.17) is 4.74 Å². The number of hydrogen-bond donors (Lipinski definition) is 0. The summed E-state index contributed by atoms with van der Waals surface area (Å²) in [7, 11) is -1.26. The molecule has 2 rings (SSSR count). The van der Waals surface area contributed by atoms with Crippen molar-refractivity contribution >= 4 is 15.7 Å². The molecule has 0 saturated carbocycles. The Bertz CT molecular complexity index is 806. The van der Waals surface area contributed by atoms with Crippen molar-refractivity contribution in [2.45, 2.75) is 11.4 Å². The van der Waals surface area contributed by atoms with Crippen molar-refractivity contribution in [2.75, 3.05) is 14.2 Å². The molecule has 0 aromatic heterocycles. The summed E-state index contributed by atoms with van der Waals surface area (Å²) < 4.78 is 31.3. The van der Waals surface area contributed by atoms with Gasteiger partial charge in [0.25, 0.3) is 5.69 Å². The number of nitro benzene ring substituents is 1. The fourth-order valence-corrected chi connectivity index (χ4v) is 3.37. The van der Waals surface area contributed by atoms with Crippen molar-refractivity contribution < 1.29 is 18.1 Å². The minimum atomic E-state index is -4.00. The van der Waals surface area contributed by atoms with Gasteiger partial charge in [-0.05, 0) is 17.7 Å². The van der Waals surface area contributed by atoms with Crippen LogP contribution in [-0.4, -0.2) is 31.8 Å². The van der Waals surface area contributed by atoms with E-state index in [9.17, 15) is 18.5 Å². The maximum absolute atomic E-state index is 12.6. The topological polar surface area (TPSA) is 89.8 Å². The molecule has 2 aromatic carbocycles. The molecule has 0 radical (unpaired) electrons. The Kier molecular flexibility index (Phi) is 4.97. The van der Waals surface area contributed by atoms with Gasteiger partial charge in [-0.3, -0.25) is 10.1 Å². The second kappa shape index (κ2) is 6.76. The standard InChI is InChI=1S/C15H16N2O5S/c1-16(11-12-6-4-3-5-7-12)23(20,21)15-9-8-13(22-2)10-14(15)17(18)19/h3-10H,11H2,1-2H3. The van der Waals surface area contributed by atoms with E-state index in [1.54, 1.807) is 24.3 Å². The zero-order valence-electron chi connectivity index (χ0n) is 12.7. The van der Waals surface area contributed by atoms with Crippen molar-refractivity contribution in [3.63, 3.8) is 0 Å². The Balaban J connectivity index is 2.41. The number of rotatable bonds is 6. The van der Waals surface area contributed by atoms with Gasteiger partial charge in [-0.2, -0.15) is 4.31 Å². The molecule has 23 heavy (non-hydrogen) atoms. The molecule has 0 unspecified atom stereocenters. The lowest BCUT2D eigenvalue weighted by atomic mass is 10.2. The summed E-state index contributed by atoms with van der Waals surface area (Å²) in [6, 6.07) is 12.7. The second-order valence-corrected chi connectivity index (χ2v) is 6.85. The van der Waals surface area contributed by atoms with Gasteiger partial charge in [0, 0.05) is 13.6 Å². The highest BCUT2D eigenvalue weighted by Gasteiger charge is 2.30. The summed E-state index contributed by atoms with van der Waals surface area (Å²) in [6.45, 7) is 0.117. The summed E-state index contributed by atoms with van der Waals surface area (Å²) in [5.41, 5.74) is 0.277. The quantitative estimate of drug-likeness (QED) is 0.597. The van der Waals surface area contributed by atoms with Crippen LogP contribution < -0.4 is 4.74 Å². The van der Waals surface area contributed by atoms with Gasteiger partial charge in [-0.15, -0.1) is 0 Å². The molecule has 0 heterocycles. The highest BCUT2D eigenvalue weighted by atomic mass is 32.2. The number of nitro groups is 1. The molecule has 0 atom stereocenters. The molecule has 0 saturated heterocycles. The molecule has 0 aliphatic rings. The molecule has 0 aliphatic heterocycles. The molecule has 0 amide bonds. The van der Waals surface area contributed by atoms with Gasteiger partial charge in [-0.1, -0.05) is 30.3 Å². The predicted molar refractivity (Wildman–Crippen MR) is 84.7 cm³/mol. The van der Waals surface area contributed by atoms with E-state index < -0.39 is 20.6 Å². The molecular formula is C15H16N2O5S. The average molecular weight is 336 g/mol. The smallest absolute Gasteiger partial charge is 0.293 e. The first-order valence-corrected chi connectivity index (χ1v) is 8.13. The summed E-state index contributed by atoms with van der Waals surface area (Å²) in [4.78, 5) is 10.1. The van der Waals surface area contributed by atoms with Crippen LogP contribution in [-0.2, 0) is 16.6 Å². The van der Waals surface area contributed by atoms with E-state index in [0.29, 0.717) is 0 Å². The van der Waals surface area contributed by atoms with Gasteiger partial charge in [0.1, 0.15) is 5.75 Å². The normalized spacial score (nSPS) is 11.4. The zero-order valence-corrected chi connectivity index (χ0v) is 13.5. The number of hydrogen-bond acceptors (Lipinski definition) is 5. The third kappa shape index (κ3) is 3.66. The highest BCUT2D eigenvalue weighted by Crippen LogP contribution is 2.30. The van der Waals surface area contributed by atoms with Crippen LogP contribution in [0.4, 0.5) is 5.69 Å². The third-order valence-corrected chi connectivity index (χ3v) is 5.15. The van der Waals surface area contributed by atoms with Gasteiger partial charge < -0.3 is 4.74 Å². The van der Waals surface area contributed by atoms with Gasteiger partial charge >= 0.3 is 0 Å². The van der Waals surface area contributed by atoms with Crippen molar-refractivity contribution in [2.24, 2.45) is 0 Å². The largest absolute Gasteiger partial charge is 0.497 e. The first-order chi connectivity index (χ1) is 10.9. The van der Waals surface area contributed by atoms with Gasteiger partial charge in [0.05, 0.1) is 18.1 Å². The van der Waals surface area contributed by atoms with Crippen LogP contribution in [0, 0.1) is 10.1 Å². The van der Waals surface area contributed by atoms with Crippen LogP contribution in [0.5, 0.6) is 5.75 Å². The number of ether oxygens (including phenoxy) is 1. The maximum Gasteiger partial charge on any atom is 0.293 e. The second-order valence-electron chi connectivity index (χ2n) is 4.84. The molecule has 0 bridgehead atoms. The molecular weight excluding hydrogens is 320 g/mol. The molecule has 7 nitrogen and oxygen atoms in total. The molecule has 0 spiro atoms. The molecule has 0 aliphatic carbocycles. The number of benzene rings is 2. The zero-order chi connectivity index (χ0) is 17.0. The lowest BCUT2D eigenvalue weighted by Gasteiger charge is -2.17. The lowest BCUT2D eigenvalue weighted by Crippen LogP contribution is -2.27. The maximum atomic E-state index is 12.6. The van der Waals surface area contributed by atoms with E-state index in [1.807, 2.05) is 6.07 Å². The minimum Gasteiger partial charge on any atom is -0.497 e. The number of nitrogens with zero attached hydrogens (tertiary/aromatic N) is 2. The fourth-order valence-electron chi connectivity index (χ4n) is 2.08. The third-order valence-electron chi connectivity index (χ3n) is 3.30. The molecule has 122 valence electrons. The SMILES string of the molecule is COc1ccc(S(=O)(=O)N(C)Cc2ccccc2)c([N+](=O)[O-])c1. The first kappa shape index (κ1) is 16.9. The van der Waals surface area contributed by atoms with Gasteiger partial charge in [0.15, 0.2) is 4.90 Å². The van der Waals surface area contributed by atoms with Crippen molar-refractivity contribution in [1.82, 2.24) is 4.31 Å². The molecule has 0 fully saturated rings. The van der Waals surface area contributed by atoms with Crippen molar-refractivity contribution in [3.8, 4) is 5.75 Å². The monoisotopic (exact) mass is 336 g/mol. The summed E-state index contributed by atoms with van der Waals surface area (Å²) >= 11 is 0. The van der Waals surface area contributed by atoms with E-state index in [2.05, 4.69) is 0 Å². The van der Waals surface area contributed by atoms with Crippen LogP contribution in [0.25, 0.3) is 0 Å². The van der Waals surface area contributed by atoms with E-state index in [1.165, 1.54) is 26.3 Å². The lowest BCUT2D eigenvalue weighted by molar-refractivity contribution is -0.387. The Morgan fingerprint density at radius 3 is 2.39 bits per heavy atom. The fraction of sp³-hybridized carbons (Fsp3) is 0.200. The first-order valence-electron chi connectivity index (χ1n) is 6.69. The Morgan fingerprint density at radius 1 is 1.17 bits per heavy atom. The van der Waals surface area contributed by atoms with Crippen LogP contribution in [0.15, 0.2) is 53.4 Å². The summed E-state index contributed by atoms with van der Waals surface area (Å²) in [5, 5.41) is 11.2. The van der Waals surface area contributed by atoms with Crippen molar-refractivity contribution in [3.05, 3.63) is 64.2 Å². The van der Waals surface area contributed by atoms with Crippen molar-refractivity contribution in [1.29, 1.82) is 0 Å². The van der Waals surface area contributed by atoms with Gasteiger partial charge in [0.2, 0.25) is 10.0 Å². The molecule has 2 aromatic rings. The van der Waals surface area contributed by atoms with E-state index in [0.717, 1.165) is 15.9 Å². The van der Waals surface area contributed by atoms with Crippen LogP contribution in [0.2, 0.25) is 0 Å². The van der Waals surface area contributed by atoms with Crippen LogP contribution in [0.3, 0.4) is 0 Å². The number of methoxy groups -OCH3 is 1. The van der Waals surface area contributed by atoms with Gasteiger partial charge in [-0.25, -0.2) is 8.42 Å². The minimum absolute atomic E-state index is 0.117. The number of sulfonamides is 1. The molecule has 0 N–H and O–H groups in total. The summed E-state index contributed by atoms with van der Waals surface area (Å²) in [6.07, 6.45) is 0. The Morgan fingerprint density at radius 2 is 1.83 bits per heavy atom. The Labute approximate surface area is 134 Å². The van der Waals surface area contributed by atoms with Crippen LogP contribution in [0.1, 0.15) is 5.56 Å².